The van der Waals surface area contributed by atoms with Crippen molar-refractivity contribution in [3.63, 3.8) is 0 Å². The lowest BCUT2D eigenvalue weighted by atomic mass is 10.0. The van der Waals surface area contributed by atoms with E-state index in [2.05, 4.69) is 0 Å². The molecule has 1 unspecified atom stereocenters. The molecule has 2 aromatic carbocycles. The van der Waals surface area contributed by atoms with Crippen LogP contribution in [0, 0.1) is 5.92 Å². The van der Waals surface area contributed by atoms with E-state index in [9.17, 15) is 9.59 Å². The van der Waals surface area contributed by atoms with E-state index in [4.69, 9.17) is 9.47 Å². The molecule has 4 nitrogen and oxygen atoms in total. The van der Waals surface area contributed by atoms with Gasteiger partial charge in [-0.15, -0.1) is 0 Å². The normalized spacial score (nSPS) is 11.6. The van der Waals surface area contributed by atoms with Crippen molar-refractivity contribution in [1.29, 1.82) is 0 Å². The summed E-state index contributed by atoms with van der Waals surface area (Å²) in [7, 11) is 0. The van der Waals surface area contributed by atoms with E-state index >= 15 is 0 Å². The van der Waals surface area contributed by atoms with Gasteiger partial charge in [0, 0.05) is 17.5 Å². The average molecular weight is 340 g/mol. The molecule has 1 atom stereocenters. The number of benzene rings is 2. The molecule has 0 radical (unpaired) electrons. The highest BCUT2D eigenvalue weighted by molar-refractivity contribution is 6.08. The first-order chi connectivity index (χ1) is 12.1. The molecular formula is C21H24O4. The van der Waals surface area contributed by atoms with Crippen LogP contribution < -0.4 is 4.74 Å². The first-order valence-corrected chi connectivity index (χ1v) is 8.61. The summed E-state index contributed by atoms with van der Waals surface area (Å²) in [6.07, 6.45) is 1.41. The Kier molecular flexibility index (Phi) is 7.20. The van der Waals surface area contributed by atoms with Crippen molar-refractivity contribution < 1.29 is 19.1 Å². The highest BCUT2D eigenvalue weighted by Crippen LogP contribution is 2.15. The van der Waals surface area contributed by atoms with E-state index in [0.717, 1.165) is 6.42 Å². The molecule has 0 spiro atoms. The molecule has 2 rings (SSSR count). The third kappa shape index (κ3) is 5.75. The maximum absolute atomic E-state index is 12.3. The molecule has 0 saturated carbocycles. The number of hydrogen-bond acceptors (Lipinski definition) is 4. The lowest BCUT2D eigenvalue weighted by Gasteiger charge is -2.10. The van der Waals surface area contributed by atoms with Gasteiger partial charge in [-0.3, -0.25) is 9.59 Å². The maximum atomic E-state index is 12.3. The van der Waals surface area contributed by atoms with Gasteiger partial charge in [0.05, 0.1) is 19.1 Å². The number of ether oxygens (including phenoxy) is 2. The second-order valence-corrected chi connectivity index (χ2v) is 5.90. The van der Waals surface area contributed by atoms with Crippen molar-refractivity contribution in [2.24, 2.45) is 5.92 Å². The predicted molar refractivity (Wildman–Crippen MR) is 96.8 cm³/mol. The number of carbonyl (C=O) groups excluding carboxylic acids is 2. The van der Waals surface area contributed by atoms with Crippen LogP contribution in [0.15, 0.2) is 54.6 Å². The Morgan fingerprint density at radius 2 is 1.56 bits per heavy atom. The number of carbonyl (C=O) groups is 2. The van der Waals surface area contributed by atoms with Crippen molar-refractivity contribution in [3.05, 3.63) is 65.7 Å². The van der Waals surface area contributed by atoms with Gasteiger partial charge in [0.1, 0.15) is 5.75 Å². The topological polar surface area (TPSA) is 52.6 Å². The Balaban J connectivity index is 1.75. The molecular weight excluding hydrogens is 316 g/mol. The number of ketones is 1. The summed E-state index contributed by atoms with van der Waals surface area (Å²) in [5.41, 5.74) is 1.29. The molecule has 0 aromatic heterocycles. The standard InChI is InChI=1S/C21H24O4/c1-3-16(2)21(23)25-15-7-14-24-19-12-10-18(11-13-19)20(22)17-8-5-4-6-9-17/h4-6,8-13,16H,3,7,14-15H2,1-2H3. The van der Waals surface area contributed by atoms with E-state index in [-0.39, 0.29) is 17.7 Å². The van der Waals surface area contributed by atoms with Crippen LogP contribution in [0.5, 0.6) is 5.75 Å². The average Bonchev–Trinajstić information content (AvgIpc) is 2.67. The molecule has 0 aliphatic carbocycles. The van der Waals surface area contributed by atoms with Gasteiger partial charge < -0.3 is 9.47 Å². The molecule has 132 valence electrons. The quantitative estimate of drug-likeness (QED) is 0.388. The molecule has 0 heterocycles. The fraction of sp³-hybridized carbons (Fsp3) is 0.333. The Labute approximate surface area is 148 Å². The van der Waals surface area contributed by atoms with Gasteiger partial charge >= 0.3 is 5.97 Å². The smallest absolute Gasteiger partial charge is 0.308 e. The lowest BCUT2D eigenvalue weighted by molar-refractivity contribution is -0.148. The first kappa shape index (κ1) is 18.7. The zero-order valence-corrected chi connectivity index (χ0v) is 14.7. The minimum atomic E-state index is -0.161. The number of rotatable bonds is 9. The van der Waals surface area contributed by atoms with Crippen LogP contribution >= 0.6 is 0 Å². The number of hydrogen-bond donors (Lipinski definition) is 0. The Morgan fingerprint density at radius 3 is 2.20 bits per heavy atom. The van der Waals surface area contributed by atoms with Crippen LogP contribution in [-0.2, 0) is 9.53 Å². The molecule has 2 aromatic rings. The van der Waals surface area contributed by atoms with Gasteiger partial charge in [-0.1, -0.05) is 44.2 Å². The number of esters is 1. The summed E-state index contributed by atoms with van der Waals surface area (Å²) in [5, 5.41) is 0. The van der Waals surface area contributed by atoms with Crippen LogP contribution in [0.4, 0.5) is 0 Å². The predicted octanol–water partition coefficient (Wildman–Crippen LogP) is 4.28. The zero-order chi connectivity index (χ0) is 18.1. The highest BCUT2D eigenvalue weighted by atomic mass is 16.5. The minimum absolute atomic E-state index is 0.0101. The van der Waals surface area contributed by atoms with Crippen molar-refractivity contribution >= 4 is 11.8 Å². The monoisotopic (exact) mass is 340 g/mol. The van der Waals surface area contributed by atoms with Crippen LogP contribution in [0.1, 0.15) is 42.6 Å². The summed E-state index contributed by atoms with van der Waals surface area (Å²) in [6.45, 7) is 4.63. The summed E-state index contributed by atoms with van der Waals surface area (Å²) in [4.78, 5) is 23.8. The van der Waals surface area contributed by atoms with E-state index in [1.54, 1.807) is 36.4 Å². The molecule has 0 N–H and O–H groups in total. The van der Waals surface area contributed by atoms with E-state index in [0.29, 0.717) is 36.5 Å². The van der Waals surface area contributed by atoms with E-state index in [1.165, 1.54) is 0 Å². The molecule has 25 heavy (non-hydrogen) atoms. The molecule has 0 fully saturated rings. The molecule has 0 saturated heterocycles. The molecule has 0 amide bonds. The summed E-state index contributed by atoms with van der Waals surface area (Å²) in [5.74, 6) is 0.462. The largest absolute Gasteiger partial charge is 0.493 e. The summed E-state index contributed by atoms with van der Waals surface area (Å²) >= 11 is 0. The van der Waals surface area contributed by atoms with Crippen LogP contribution in [0.3, 0.4) is 0 Å². The minimum Gasteiger partial charge on any atom is -0.493 e. The highest BCUT2D eigenvalue weighted by Gasteiger charge is 2.11. The van der Waals surface area contributed by atoms with Crippen LogP contribution in [0.25, 0.3) is 0 Å². The van der Waals surface area contributed by atoms with Crippen molar-refractivity contribution in [1.82, 2.24) is 0 Å². The molecule has 0 bridgehead atoms. The summed E-state index contributed by atoms with van der Waals surface area (Å²) in [6, 6.07) is 16.2. The SMILES string of the molecule is CCC(C)C(=O)OCCCOc1ccc(C(=O)c2ccccc2)cc1. The van der Waals surface area contributed by atoms with Gasteiger partial charge in [0.15, 0.2) is 5.78 Å². The lowest BCUT2D eigenvalue weighted by Crippen LogP contribution is -2.15. The molecule has 0 aliphatic rings. The Bertz CT molecular complexity index is 677. The summed E-state index contributed by atoms with van der Waals surface area (Å²) < 4.78 is 10.8. The molecule has 0 aliphatic heterocycles. The fourth-order valence-corrected chi connectivity index (χ4v) is 2.19. The third-order valence-electron chi connectivity index (χ3n) is 3.97. The first-order valence-electron chi connectivity index (χ1n) is 8.61. The van der Waals surface area contributed by atoms with Gasteiger partial charge in [-0.05, 0) is 30.7 Å². The van der Waals surface area contributed by atoms with E-state index in [1.807, 2.05) is 32.0 Å². The van der Waals surface area contributed by atoms with Gasteiger partial charge in [-0.25, -0.2) is 0 Å². The Morgan fingerprint density at radius 1 is 0.920 bits per heavy atom. The van der Waals surface area contributed by atoms with Gasteiger partial charge in [0.25, 0.3) is 0 Å². The van der Waals surface area contributed by atoms with Crippen LogP contribution in [-0.4, -0.2) is 25.0 Å². The second-order valence-electron chi connectivity index (χ2n) is 5.90. The second kappa shape index (κ2) is 9.62. The Hall–Kier alpha value is -2.62. The van der Waals surface area contributed by atoms with Crippen LogP contribution in [0.2, 0.25) is 0 Å². The maximum Gasteiger partial charge on any atom is 0.308 e. The van der Waals surface area contributed by atoms with E-state index < -0.39 is 0 Å². The van der Waals surface area contributed by atoms with Crippen molar-refractivity contribution in [2.75, 3.05) is 13.2 Å². The molecule has 4 heteroatoms. The van der Waals surface area contributed by atoms with Crippen molar-refractivity contribution in [3.8, 4) is 5.75 Å². The van der Waals surface area contributed by atoms with Gasteiger partial charge in [-0.2, -0.15) is 0 Å². The fourth-order valence-electron chi connectivity index (χ4n) is 2.19. The van der Waals surface area contributed by atoms with Gasteiger partial charge in [0.2, 0.25) is 0 Å². The third-order valence-corrected chi connectivity index (χ3v) is 3.97. The van der Waals surface area contributed by atoms with Crippen molar-refractivity contribution in [2.45, 2.75) is 26.7 Å². The zero-order valence-electron chi connectivity index (χ0n) is 14.7.